The smallest absolute Gasteiger partial charge is 0.307 e. The average Bonchev–Trinajstić information content (AvgIpc) is 3.18. The molecule has 0 aliphatic carbocycles. The monoisotopic (exact) mass is 425 g/mol. The fraction of sp³-hybridized carbons (Fsp3) is 0.278. The van der Waals surface area contributed by atoms with Crippen LogP contribution in [-0.4, -0.2) is 35.3 Å². The normalized spacial score (nSPS) is 11.0. The Morgan fingerprint density at radius 2 is 2.07 bits per heavy atom. The van der Waals surface area contributed by atoms with Crippen molar-refractivity contribution < 1.29 is 14.3 Å². The molecule has 0 bridgehead atoms. The van der Waals surface area contributed by atoms with Gasteiger partial charge in [0.15, 0.2) is 0 Å². The van der Waals surface area contributed by atoms with Crippen molar-refractivity contribution in [2.24, 2.45) is 0 Å². The second kappa shape index (κ2) is 8.29. The van der Waals surface area contributed by atoms with Crippen LogP contribution in [0.15, 0.2) is 24.3 Å². The molecule has 0 aliphatic rings. The van der Waals surface area contributed by atoms with E-state index < -0.39 is 0 Å². The van der Waals surface area contributed by atoms with Crippen LogP contribution in [0.5, 0.6) is 0 Å². The topological polar surface area (TPSA) is 73.2 Å². The number of carbonyl (C=O) groups excluding carboxylic acids is 2. The van der Waals surface area contributed by atoms with E-state index in [-0.39, 0.29) is 24.8 Å². The van der Waals surface area contributed by atoms with E-state index in [0.29, 0.717) is 21.5 Å². The van der Waals surface area contributed by atoms with Crippen LogP contribution in [0.25, 0.3) is 10.2 Å². The molecule has 0 fully saturated rings. The Balaban J connectivity index is 1.80. The Hall–Kier alpha value is -2.09. The van der Waals surface area contributed by atoms with Crippen LogP contribution in [0.4, 0.5) is 0 Å². The van der Waals surface area contributed by atoms with Crippen molar-refractivity contribution in [1.82, 2.24) is 15.1 Å². The third kappa shape index (κ3) is 4.43. The van der Waals surface area contributed by atoms with Gasteiger partial charge < -0.3 is 10.1 Å². The molecule has 142 valence electrons. The number of nitrogens with zero attached hydrogens (tertiary/aromatic N) is 2. The zero-order chi connectivity index (χ0) is 19.6. The number of aryl methyl sites for hydroxylation is 1. The lowest BCUT2D eigenvalue weighted by molar-refractivity contribution is -0.140. The highest BCUT2D eigenvalue weighted by Gasteiger charge is 2.17. The highest BCUT2D eigenvalue weighted by Crippen LogP contribution is 2.30. The summed E-state index contributed by atoms with van der Waals surface area (Å²) in [6.07, 6.45) is 0.134. The first-order chi connectivity index (χ1) is 12.9. The lowest BCUT2D eigenvalue weighted by atomic mass is 10.2. The number of fused-ring (bicyclic) bond motifs is 1. The van der Waals surface area contributed by atoms with E-state index in [0.717, 1.165) is 21.5 Å². The van der Waals surface area contributed by atoms with Crippen molar-refractivity contribution in [2.45, 2.75) is 19.9 Å². The Kier molecular flexibility index (Phi) is 6.04. The van der Waals surface area contributed by atoms with Gasteiger partial charge >= 0.3 is 5.97 Å². The molecule has 0 saturated carbocycles. The first-order valence-electron chi connectivity index (χ1n) is 8.15. The predicted octanol–water partition coefficient (Wildman–Crippen LogP) is 4.05. The molecule has 0 spiro atoms. The standard InChI is InChI=1S/C18H17Cl2N3O3S/c1-10-13-8-15(17(25)21-6-5-16(24)26-2)27-18(13)23(22-10)9-11-3-4-12(19)7-14(11)20/h3-4,7-8H,5-6,9H2,1-2H3,(H,21,25). The number of halogens is 2. The van der Waals surface area contributed by atoms with Gasteiger partial charge in [0.25, 0.3) is 5.91 Å². The molecule has 1 amide bonds. The van der Waals surface area contributed by atoms with E-state index in [1.165, 1.54) is 18.4 Å². The zero-order valence-corrected chi connectivity index (χ0v) is 17.0. The van der Waals surface area contributed by atoms with Gasteiger partial charge in [-0.15, -0.1) is 11.3 Å². The van der Waals surface area contributed by atoms with Gasteiger partial charge in [0.05, 0.1) is 30.6 Å². The van der Waals surface area contributed by atoms with Gasteiger partial charge in [-0.1, -0.05) is 29.3 Å². The van der Waals surface area contributed by atoms with Crippen molar-refractivity contribution in [2.75, 3.05) is 13.7 Å². The molecule has 0 aliphatic heterocycles. The molecule has 6 nitrogen and oxygen atoms in total. The summed E-state index contributed by atoms with van der Waals surface area (Å²) < 4.78 is 6.39. The number of aromatic nitrogens is 2. The highest BCUT2D eigenvalue weighted by atomic mass is 35.5. The number of carbonyl (C=O) groups is 2. The van der Waals surface area contributed by atoms with Crippen LogP contribution >= 0.6 is 34.5 Å². The molecule has 0 saturated heterocycles. The molecule has 9 heteroatoms. The van der Waals surface area contributed by atoms with Crippen molar-refractivity contribution in [3.8, 4) is 0 Å². The number of benzene rings is 1. The molecular formula is C18H17Cl2N3O3S. The molecule has 1 N–H and O–H groups in total. The number of hydrogen-bond acceptors (Lipinski definition) is 5. The maximum absolute atomic E-state index is 12.3. The predicted molar refractivity (Wildman–Crippen MR) is 107 cm³/mol. The molecule has 2 heterocycles. The first-order valence-corrected chi connectivity index (χ1v) is 9.72. The molecule has 0 radical (unpaired) electrons. The van der Waals surface area contributed by atoms with Crippen molar-refractivity contribution >= 4 is 56.6 Å². The van der Waals surface area contributed by atoms with Gasteiger partial charge in [-0.25, -0.2) is 0 Å². The van der Waals surface area contributed by atoms with E-state index in [1.807, 2.05) is 23.7 Å². The summed E-state index contributed by atoms with van der Waals surface area (Å²) in [5, 5.41) is 9.34. The van der Waals surface area contributed by atoms with Crippen molar-refractivity contribution in [1.29, 1.82) is 0 Å². The van der Waals surface area contributed by atoms with E-state index >= 15 is 0 Å². The third-order valence-electron chi connectivity index (χ3n) is 4.01. The number of nitrogens with one attached hydrogen (secondary N) is 1. The Morgan fingerprint density at radius 3 is 2.78 bits per heavy atom. The van der Waals surface area contributed by atoms with Crippen LogP contribution in [0.3, 0.4) is 0 Å². The van der Waals surface area contributed by atoms with Gasteiger partial charge in [-0.3, -0.25) is 14.3 Å². The summed E-state index contributed by atoms with van der Waals surface area (Å²) in [6, 6.07) is 7.16. The van der Waals surface area contributed by atoms with Gasteiger partial charge in [0.1, 0.15) is 4.83 Å². The summed E-state index contributed by atoms with van der Waals surface area (Å²) >= 11 is 13.6. The number of rotatable bonds is 6. The van der Waals surface area contributed by atoms with Crippen molar-refractivity contribution in [3.63, 3.8) is 0 Å². The molecule has 0 atom stereocenters. The van der Waals surface area contributed by atoms with Gasteiger partial charge in [-0.05, 0) is 30.7 Å². The summed E-state index contributed by atoms with van der Waals surface area (Å²) in [5.74, 6) is -0.589. The fourth-order valence-corrected chi connectivity index (χ4v) is 4.16. The quantitative estimate of drug-likeness (QED) is 0.604. The van der Waals surface area contributed by atoms with Crippen LogP contribution in [-0.2, 0) is 16.1 Å². The van der Waals surface area contributed by atoms with Gasteiger partial charge in [-0.2, -0.15) is 5.10 Å². The molecule has 1 aromatic carbocycles. The van der Waals surface area contributed by atoms with Gasteiger partial charge in [0, 0.05) is 22.0 Å². The Labute approximate surface area is 170 Å². The maximum Gasteiger partial charge on any atom is 0.307 e. The summed E-state index contributed by atoms with van der Waals surface area (Å²) in [7, 11) is 1.32. The van der Waals surface area contributed by atoms with Crippen molar-refractivity contribution in [3.05, 3.63) is 50.4 Å². The number of methoxy groups -OCH3 is 1. The summed E-state index contributed by atoms with van der Waals surface area (Å²) in [5.41, 5.74) is 1.72. The minimum atomic E-state index is -0.363. The second-order valence-electron chi connectivity index (χ2n) is 5.89. The number of esters is 1. The molecule has 27 heavy (non-hydrogen) atoms. The number of amides is 1. The van der Waals surface area contributed by atoms with Gasteiger partial charge in [0.2, 0.25) is 0 Å². The zero-order valence-electron chi connectivity index (χ0n) is 14.7. The maximum atomic E-state index is 12.3. The minimum Gasteiger partial charge on any atom is -0.469 e. The van der Waals surface area contributed by atoms with E-state index in [2.05, 4.69) is 15.2 Å². The van der Waals surface area contributed by atoms with E-state index in [9.17, 15) is 9.59 Å². The average molecular weight is 426 g/mol. The Bertz CT molecular complexity index is 1010. The van der Waals surface area contributed by atoms with Crippen LogP contribution in [0, 0.1) is 6.92 Å². The summed E-state index contributed by atoms with van der Waals surface area (Å²) in [6.45, 7) is 2.60. The minimum absolute atomic E-state index is 0.134. The largest absolute Gasteiger partial charge is 0.469 e. The molecule has 3 rings (SSSR count). The molecule has 3 aromatic rings. The Morgan fingerprint density at radius 1 is 1.30 bits per heavy atom. The van der Waals surface area contributed by atoms with Crippen LogP contribution in [0.2, 0.25) is 10.0 Å². The lowest BCUT2D eigenvalue weighted by Gasteiger charge is -2.06. The number of ether oxygens (including phenoxy) is 1. The first kappa shape index (κ1) is 19.7. The molecular weight excluding hydrogens is 409 g/mol. The fourth-order valence-electron chi connectivity index (χ4n) is 2.61. The third-order valence-corrected chi connectivity index (χ3v) is 5.74. The number of thiophene rings is 1. The van der Waals surface area contributed by atoms with E-state index in [4.69, 9.17) is 23.2 Å². The van der Waals surface area contributed by atoms with Crippen LogP contribution in [0.1, 0.15) is 27.3 Å². The SMILES string of the molecule is COC(=O)CCNC(=O)c1cc2c(C)nn(Cc3ccc(Cl)cc3Cl)c2s1. The molecule has 0 unspecified atom stereocenters. The molecule has 2 aromatic heterocycles. The van der Waals surface area contributed by atoms with Crippen LogP contribution < -0.4 is 5.32 Å². The second-order valence-corrected chi connectivity index (χ2v) is 7.76. The summed E-state index contributed by atoms with van der Waals surface area (Å²) in [4.78, 5) is 24.9. The lowest BCUT2D eigenvalue weighted by Crippen LogP contribution is -2.25. The highest BCUT2D eigenvalue weighted by molar-refractivity contribution is 7.20. The van der Waals surface area contributed by atoms with E-state index in [1.54, 1.807) is 12.1 Å². The number of hydrogen-bond donors (Lipinski definition) is 1.